The van der Waals surface area contributed by atoms with Crippen LogP contribution in [0.2, 0.25) is 0 Å². The average molecular weight is 230 g/mol. The summed E-state index contributed by atoms with van der Waals surface area (Å²) in [5.74, 6) is 0.680. The molecule has 0 aliphatic heterocycles. The lowest BCUT2D eigenvalue weighted by Gasteiger charge is -2.29. The first kappa shape index (κ1) is 11.9. The highest BCUT2D eigenvalue weighted by Gasteiger charge is 2.33. The van der Waals surface area contributed by atoms with Gasteiger partial charge >= 0.3 is 0 Å². The summed E-state index contributed by atoms with van der Waals surface area (Å²) in [5, 5.41) is 12.5. The molecule has 0 spiro atoms. The molecule has 0 radical (unpaired) electrons. The number of anilines is 1. The number of aromatic nitrogens is 1. The number of pyridine rings is 1. The first-order chi connectivity index (χ1) is 8.19. The molecular weight excluding hydrogens is 212 g/mol. The van der Waals surface area contributed by atoms with Crippen LogP contribution in [0.25, 0.3) is 0 Å². The second-order valence-electron chi connectivity index (χ2n) is 4.78. The van der Waals surface area contributed by atoms with Crippen LogP contribution in [0.3, 0.4) is 0 Å². The molecule has 1 aromatic rings. The number of nitriles is 1. The molecular formula is C13H18N4. The van der Waals surface area contributed by atoms with Gasteiger partial charge in [-0.15, -0.1) is 0 Å². The third-order valence-electron chi connectivity index (χ3n) is 3.49. The number of hydrogen-bond donors (Lipinski definition) is 2. The van der Waals surface area contributed by atoms with Crippen LogP contribution in [-0.4, -0.2) is 17.1 Å². The Morgan fingerprint density at radius 1 is 1.47 bits per heavy atom. The van der Waals surface area contributed by atoms with Crippen LogP contribution in [-0.2, 0) is 0 Å². The predicted octanol–water partition coefficient (Wildman–Crippen LogP) is 1.95. The highest BCUT2D eigenvalue weighted by molar-refractivity contribution is 5.54. The summed E-state index contributed by atoms with van der Waals surface area (Å²) in [6.45, 7) is 2.52. The Hall–Kier alpha value is -1.60. The van der Waals surface area contributed by atoms with Crippen LogP contribution in [0.5, 0.6) is 0 Å². The van der Waals surface area contributed by atoms with Gasteiger partial charge in [0.2, 0.25) is 0 Å². The van der Waals surface area contributed by atoms with Crippen molar-refractivity contribution in [3.8, 4) is 6.07 Å². The van der Waals surface area contributed by atoms with Gasteiger partial charge in [0.15, 0.2) is 0 Å². The van der Waals surface area contributed by atoms with Crippen LogP contribution in [0.4, 0.5) is 5.82 Å². The SMILES string of the molecule is Cc1ccc(C#N)c(NC2(CN)CCCC2)n1. The third-order valence-corrected chi connectivity index (χ3v) is 3.49. The summed E-state index contributed by atoms with van der Waals surface area (Å²) in [4.78, 5) is 4.41. The molecule has 0 amide bonds. The van der Waals surface area contributed by atoms with Crippen LogP contribution in [0, 0.1) is 18.3 Å². The van der Waals surface area contributed by atoms with Gasteiger partial charge in [-0.1, -0.05) is 12.8 Å². The van der Waals surface area contributed by atoms with Crippen molar-refractivity contribution in [2.75, 3.05) is 11.9 Å². The second kappa shape index (κ2) is 4.72. The molecule has 4 heteroatoms. The summed E-state index contributed by atoms with van der Waals surface area (Å²) in [5.41, 5.74) is 7.32. The number of rotatable bonds is 3. The fraction of sp³-hybridized carbons (Fsp3) is 0.538. The maximum absolute atomic E-state index is 9.08. The fourth-order valence-electron chi connectivity index (χ4n) is 2.43. The summed E-state index contributed by atoms with van der Waals surface area (Å²) < 4.78 is 0. The number of hydrogen-bond acceptors (Lipinski definition) is 4. The van der Waals surface area contributed by atoms with Crippen molar-refractivity contribution >= 4 is 5.82 Å². The lowest BCUT2D eigenvalue weighted by atomic mass is 9.97. The molecule has 1 aliphatic rings. The van der Waals surface area contributed by atoms with Crippen LogP contribution in [0.1, 0.15) is 36.9 Å². The van der Waals surface area contributed by atoms with E-state index in [-0.39, 0.29) is 5.54 Å². The largest absolute Gasteiger partial charge is 0.362 e. The van der Waals surface area contributed by atoms with Gasteiger partial charge in [-0.25, -0.2) is 4.98 Å². The predicted molar refractivity (Wildman–Crippen MR) is 67.6 cm³/mol. The van der Waals surface area contributed by atoms with E-state index in [4.69, 9.17) is 11.0 Å². The van der Waals surface area contributed by atoms with Gasteiger partial charge in [0.05, 0.1) is 11.1 Å². The van der Waals surface area contributed by atoms with E-state index in [1.807, 2.05) is 19.1 Å². The molecule has 1 heterocycles. The summed E-state index contributed by atoms with van der Waals surface area (Å²) >= 11 is 0. The number of aryl methyl sites for hydroxylation is 1. The van der Waals surface area contributed by atoms with Crippen LogP contribution < -0.4 is 11.1 Å². The lowest BCUT2D eigenvalue weighted by molar-refractivity contribution is 0.491. The van der Waals surface area contributed by atoms with E-state index in [0.717, 1.165) is 18.5 Å². The third kappa shape index (κ3) is 2.40. The quantitative estimate of drug-likeness (QED) is 0.832. The van der Waals surface area contributed by atoms with E-state index in [0.29, 0.717) is 17.9 Å². The monoisotopic (exact) mass is 230 g/mol. The van der Waals surface area contributed by atoms with Crippen molar-refractivity contribution in [1.82, 2.24) is 4.98 Å². The van der Waals surface area contributed by atoms with E-state index in [2.05, 4.69) is 16.4 Å². The standard InChI is InChI=1S/C13H18N4/c1-10-4-5-11(8-14)12(16-10)17-13(9-15)6-2-3-7-13/h4-5H,2-3,6-7,9,15H2,1H3,(H,16,17). The minimum absolute atomic E-state index is 0.0631. The van der Waals surface area contributed by atoms with Crippen molar-refractivity contribution < 1.29 is 0 Å². The number of nitrogens with one attached hydrogen (secondary N) is 1. The van der Waals surface area contributed by atoms with Gasteiger partial charge in [0.1, 0.15) is 11.9 Å². The van der Waals surface area contributed by atoms with Gasteiger partial charge in [-0.3, -0.25) is 0 Å². The molecule has 0 saturated heterocycles. The normalized spacial score (nSPS) is 17.7. The molecule has 4 nitrogen and oxygen atoms in total. The van der Waals surface area contributed by atoms with E-state index in [1.165, 1.54) is 12.8 Å². The highest BCUT2D eigenvalue weighted by atomic mass is 15.1. The molecule has 1 aliphatic carbocycles. The highest BCUT2D eigenvalue weighted by Crippen LogP contribution is 2.32. The molecule has 1 saturated carbocycles. The molecule has 1 fully saturated rings. The first-order valence-corrected chi connectivity index (χ1v) is 6.05. The van der Waals surface area contributed by atoms with Crippen LogP contribution in [0.15, 0.2) is 12.1 Å². The van der Waals surface area contributed by atoms with Gasteiger partial charge in [-0.05, 0) is 31.9 Å². The van der Waals surface area contributed by atoms with E-state index in [9.17, 15) is 0 Å². The van der Waals surface area contributed by atoms with Crippen molar-refractivity contribution in [2.24, 2.45) is 5.73 Å². The van der Waals surface area contributed by atoms with Gasteiger partial charge < -0.3 is 11.1 Å². The molecule has 90 valence electrons. The van der Waals surface area contributed by atoms with E-state index < -0.39 is 0 Å². The Balaban J connectivity index is 2.28. The first-order valence-electron chi connectivity index (χ1n) is 6.05. The molecule has 0 aromatic carbocycles. The van der Waals surface area contributed by atoms with Crippen molar-refractivity contribution in [3.63, 3.8) is 0 Å². The Morgan fingerprint density at radius 3 is 2.76 bits per heavy atom. The summed E-state index contributed by atoms with van der Waals surface area (Å²) in [6, 6.07) is 5.84. The maximum Gasteiger partial charge on any atom is 0.144 e. The number of nitrogens with zero attached hydrogens (tertiary/aromatic N) is 2. The van der Waals surface area contributed by atoms with E-state index >= 15 is 0 Å². The molecule has 2 rings (SSSR count). The maximum atomic E-state index is 9.08. The Morgan fingerprint density at radius 2 is 2.18 bits per heavy atom. The van der Waals surface area contributed by atoms with Gasteiger partial charge in [-0.2, -0.15) is 5.26 Å². The minimum atomic E-state index is -0.0631. The average Bonchev–Trinajstić information content (AvgIpc) is 2.79. The second-order valence-corrected chi connectivity index (χ2v) is 4.78. The van der Waals surface area contributed by atoms with Gasteiger partial charge in [0.25, 0.3) is 0 Å². The molecule has 3 N–H and O–H groups in total. The van der Waals surface area contributed by atoms with Gasteiger partial charge in [0, 0.05) is 12.2 Å². The minimum Gasteiger partial charge on any atom is -0.362 e. The molecule has 17 heavy (non-hydrogen) atoms. The molecule has 0 bridgehead atoms. The van der Waals surface area contributed by atoms with E-state index in [1.54, 1.807) is 0 Å². The van der Waals surface area contributed by atoms with Crippen molar-refractivity contribution in [2.45, 2.75) is 38.1 Å². The Labute approximate surface area is 102 Å². The topological polar surface area (TPSA) is 74.7 Å². The zero-order chi connectivity index (χ0) is 12.3. The molecule has 1 aromatic heterocycles. The fourth-order valence-corrected chi connectivity index (χ4v) is 2.43. The van der Waals surface area contributed by atoms with Crippen molar-refractivity contribution in [3.05, 3.63) is 23.4 Å². The smallest absolute Gasteiger partial charge is 0.144 e. The Bertz CT molecular complexity index is 441. The zero-order valence-corrected chi connectivity index (χ0v) is 10.2. The zero-order valence-electron chi connectivity index (χ0n) is 10.2. The molecule has 0 unspecified atom stereocenters. The number of nitrogens with two attached hydrogens (primary N) is 1. The summed E-state index contributed by atoms with van der Waals surface area (Å²) in [7, 11) is 0. The lowest BCUT2D eigenvalue weighted by Crippen LogP contribution is -2.43. The Kier molecular flexibility index (Phi) is 3.30. The van der Waals surface area contributed by atoms with Crippen molar-refractivity contribution in [1.29, 1.82) is 5.26 Å². The molecule has 0 atom stereocenters. The summed E-state index contributed by atoms with van der Waals surface area (Å²) in [6.07, 6.45) is 4.50. The van der Waals surface area contributed by atoms with Crippen LogP contribution >= 0.6 is 0 Å².